The number of hydrogen-bond acceptors (Lipinski definition) is 3. The van der Waals surface area contributed by atoms with Gasteiger partial charge in [-0.05, 0) is 30.7 Å². The van der Waals surface area contributed by atoms with E-state index >= 15 is 0 Å². The van der Waals surface area contributed by atoms with Crippen molar-refractivity contribution in [2.45, 2.75) is 13.5 Å². The van der Waals surface area contributed by atoms with Crippen LogP contribution in [0.25, 0.3) is 0 Å². The van der Waals surface area contributed by atoms with Crippen molar-refractivity contribution in [3.05, 3.63) is 52.5 Å². The van der Waals surface area contributed by atoms with Gasteiger partial charge in [-0.3, -0.25) is 0 Å². The maximum atomic E-state index is 9.67. The van der Waals surface area contributed by atoms with Gasteiger partial charge in [0, 0.05) is 12.1 Å². The standard InChI is InChI=1S/C14H14ClNO2/c1-9-5-6-12(11(15)7-9)16-8-10-3-2-4-13(17)14(10)18/h2-7,16-18H,8H2,1H3. The summed E-state index contributed by atoms with van der Waals surface area (Å²) in [5, 5.41) is 22.8. The van der Waals surface area contributed by atoms with E-state index in [0.29, 0.717) is 17.1 Å². The summed E-state index contributed by atoms with van der Waals surface area (Å²) < 4.78 is 0. The van der Waals surface area contributed by atoms with Gasteiger partial charge in [0.25, 0.3) is 0 Å². The zero-order valence-electron chi connectivity index (χ0n) is 9.94. The number of hydrogen-bond donors (Lipinski definition) is 3. The Morgan fingerprint density at radius 3 is 2.67 bits per heavy atom. The number of benzene rings is 2. The van der Waals surface area contributed by atoms with Gasteiger partial charge in [-0.15, -0.1) is 0 Å². The minimum atomic E-state index is -0.121. The fraction of sp³-hybridized carbons (Fsp3) is 0.143. The van der Waals surface area contributed by atoms with Gasteiger partial charge in [0.1, 0.15) is 0 Å². The summed E-state index contributed by atoms with van der Waals surface area (Å²) in [4.78, 5) is 0. The van der Waals surface area contributed by atoms with Crippen molar-refractivity contribution in [3.63, 3.8) is 0 Å². The zero-order valence-corrected chi connectivity index (χ0v) is 10.7. The topological polar surface area (TPSA) is 52.5 Å². The molecule has 4 heteroatoms. The highest BCUT2D eigenvalue weighted by molar-refractivity contribution is 6.33. The van der Waals surface area contributed by atoms with E-state index in [1.54, 1.807) is 12.1 Å². The first-order valence-electron chi connectivity index (χ1n) is 5.58. The van der Waals surface area contributed by atoms with E-state index < -0.39 is 0 Å². The summed E-state index contributed by atoms with van der Waals surface area (Å²) in [6.07, 6.45) is 0. The van der Waals surface area contributed by atoms with Crippen molar-refractivity contribution in [1.82, 2.24) is 0 Å². The second-order valence-corrected chi connectivity index (χ2v) is 4.53. The molecule has 0 bridgehead atoms. The third-order valence-electron chi connectivity index (χ3n) is 2.69. The lowest BCUT2D eigenvalue weighted by Crippen LogP contribution is -2.00. The van der Waals surface area contributed by atoms with Gasteiger partial charge in [0.15, 0.2) is 11.5 Å². The summed E-state index contributed by atoms with van der Waals surface area (Å²) in [6.45, 7) is 2.36. The van der Waals surface area contributed by atoms with Crippen LogP contribution in [0.1, 0.15) is 11.1 Å². The minimum absolute atomic E-state index is 0.103. The molecule has 2 rings (SSSR count). The van der Waals surface area contributed by atoms with E-state index in [9.17, 15) is 10.2 Å². The van der Waals surface area contributed by atoms with Crippen LogP contribution in [0.4, 0.5) is 5.69 Å². The van der Waals surface area contributed by atoms with Crippen LogP contribution in [0.2, 0.25) is 5.02 Å². The van der Waals surface area contributed by atoms with Crippen molar-refractivity contribution in [2.24, 2.45) is 0 Å². The highest BCUT2D eigenvalue weighted by atomic mass is 35.5. The Morgan fingerprint density at radius 1 is 1.17 bits per heavy atom. The third kappa shape index (κ3) is 2.68. The molecule has 2 aromatic carbocycles. The summed E-state index contributed by atoms with van der Waals surface area (Å²) >= 11 is 6.09. The van der Waals surface area contributed by atoms with Gasteiger partial charge >= 0.3 is 0 Å². The van der Waals surface area contributed by atoms with E-state index in [1.165, 1.54) is 6.07 Å². The van der Waals surface area contributed by atoms with Crippen LogP contribution in [0.15, 0.2) is 36.4 Å². The molecule has 94 valence electrons. The molecule has 0 unspecified atom stereocenters. The molecule has 0 saturated heterocycles. The van der Waals surface area contributed by atoms with Crippen molar-refractivity contribution in [3.8, 4) is 11.5 Å². The lowest BCUT2D eigenvalue weighted by Gasteiger charge is -2.10. The van der Waals surface area contributed by atoms with Crippen molar-refractivity contribution in [2.75, 3.05) is 5.32 Å². The number of aromatic hydroxyl groups is 2. The number of para-hydroxylation sites is 1. The zero-order chi connectivity index (χ0) is 13.1. The molecule has 3 nitrogen and oxygen atoms in total. The van der Waals surface area contributed by atoms with Gasteiger partial charge < -0.3 is 15.5 Å². The molecule has 0 aliphatic heterocycles. The minimum Gasteiger partial charge on any atom is -0.504 e. The molecular weight excluding hydrogens is 250 g/mol. The molecule has 0 atom stereocenters. The fourth-order valence-corrected chi connectivity index (χ4v) is 1.98. The summed E-state index contributed by atoms with van der Waals surface area (Å²) in [5.74, 6) is -0.225. The number of phenols is 2. The highest BCUT2D eigenvalue weighted by Gasteiger charge is 2.06. The van der Waals surface area contributed by atoms with Crippen molar-refractivity contribution >= 4 is 17.3 Å². The lowest BCUT2D eigenvalue weighted by molar-refractivity contribution is 0.400. The van der Waals surface area contributed by atoms with E-state index in [-0.39, 0.29) is 11.5 Å². The van der Waals surface area contributed by atoms with Crippen LogP contribution in [0.3, 0.4) is 0 Å². The van der Waals surface area contributed by atoms with Crippen LogP contribution in [-0.2, 0) is 6.54 Å². The molecule has 0 saturated carbocycles. The Kier molecular flexibility index (Phi) is 3.63. The molecule has 0 aromatic heterocycles. The number of aryl methyl sites for hydroxylation is 1. The van der Waals surface area contributed by atoms with E-state index in [1.807, 2.05) is 25.1 Å². The fourth-order valence-electron chi connectivity index (χ4n) is 1.67. The first-order valence-corrected chi connectivity index (χ1v) is 5.95. The predicted molar refractivity (Wildman–Crippen MR) is 73.3 cm³/mol. The summed E-state index contributed by atoms with van der Waals surface area (Å²) in [6, 6.07) is 10.6. The Balaban J connectivity index is 2.14. The Bertz CT molecular complexity index is 570. The van der Waals surface area contributed by atoms with Gasteiger partial charge in [0.05, 0.1) is 10.7 Å². The molecule has 18 heavy (non-hydrogen) atoms. The maximum Gasteiger partial charge on any atom is 0.162 e. The second kappa shape index (κ2) is 5.19. The summed E-state index contributed by atoms with van der Waals surface area (Å²) in [5.41, 5.74) is 2.50. The molecule has 0 amide bonds. The molecule has 2 aromatic rings. The van der Waals surface area contributed by atoms with Crippen LogP contribution in [-0.4, -0.2) is 10.2 Å². The first-order chi connectivity index (χ1) is 8.58. The highest BCUT2D eigenvalue weighted by Crippen LogP contribution is 2.29. The average Bonchev–Trinajstić information content (AvgIpc) is 2.33. The molecule has 0 aliphatic rings. The Labute approximate surface area is 111 Å². The van der Waals surface area contributed by atoms with Gasteiger partial charge in [0.2, 0.25) is 0 Å². The molecular formula is C14H14ClNO2. The van der Waals surface area contributed by atoms with Crippen LogP contribution in [0, 0.1) is 6.92 Å². The molecule has 0 fully saturated rings. The number of halogens is 1. The normalized spacial score (nSPS) is 10.3. The SMILES string of the molecule is Cc1ccc(NCc2cccc(O)c2O)c(Cl)c1. The number of nitrogens with one attached hydrogen (secondary N) is 1. The number of phenolic OH excluding ortho intramolecular Hbond substituents is 2. The largest absolute Gasteiger partial charge is 0.504 e. The lowest BCUT2D eigenvalue weighted by atomic mass is 10.1. The molecule has 0 radical (unpaired) electrons. The molecule has 0 heterocycles. The van der Waals surface area contributed by atoms with E-state index in [0.717, 1.165) is 11.3 Å². The molecule has 0 aliphatic carbocycles. The van der Waals surface area contributed by atoms with E-state index in [4.69, 9.17) is 11.6 Å². The Hall–Kier alpha value is -1.87. The molecule has 3 N–H and O–H groups in total. The quantitative estimate of drug-likeness (QED) is 0.741. The van der Waals surface area contributed by atoms with Crippen LogP contribution >= 0.6 is 11.6 Å². The third-order valence-corrected chi connectivity index (χ3v) is 3.00. The van der Waals surface area contributed by atoms with Gasteiger partial charge in [-0.2, -0.15) is 0 Å². The van der Waals surface area contributed by atoms with Crippen molar-refractivity contribution in [1.29, 1.82) is 0 Å². The first kappa shape index (κ1) is 12.6. The van der Waals surface area contributed by atoms with Crippen LogP contribution in [0.5, 0.6) is 11.5 Å². The summed E-state index contributed by atoms with van der Waals surface area (Å²) in [7, 11) is 0. The monoisotopic (exact) mass is 263 g/mol. The van der Waals surface area contributed by atoms with Gasteiger partial charge in [-0.25, -0.2) is 0 Å². The Morgan fingerprint density at radius 2 is 1.94 bits per heavy atom. The molecule has 0 spiro atoms. The van der Waals surface area contributed by atoms with Gasteiger partial charge in [-0.1, -0.05) is 29.8 Å². The average molecular weight is 264 g/mol. The smallest absolute Gasteiger partial charge is 0.162 e. The number of anilines is 1. The van der Waals surface area contributed by atoms with Crippen LogP contribution < -0.4 is 5.32 Å². The predicted octanol–water partition coefficient (Wildman–Crippen LogP) is 3.67. The van der Waals surface area contributed by atoms with Crippen molar-refractivity contribution < 1.29 is 10.2 Å². The van der Waals surface area contributed by atoms with E-state index in [2.05, 4.69) is 5.32 Å². The maximum absolute atomic E-state index is 9.67. The second-order valence-electron chi connectivity index (χ2n) is 4.12. The number of rotatable bonds is 3.